The highest BCUT2D eigenvalue weighted by atomic mass is 35.5. The van der Waals surface area contributed by atoms with Crippen molar-refractivity contribution in [2.45, 2.75) is 19.6 Å². The number of methoxy groups -OCH3 is 1. The topological polar surface area (TPSA) is 82.6 Å². The van der Waals surface area contributed by atoms with E-state index in [0.717, 1.165) is 11.3 Å². The van der Waals surface area contributed by atoms with Gasteiger partial charge in [0, 0.05) is 11.3 Å². The van der Waals surface area contributed by atoms with Gasteiger partial charge in [-0.3, -0.25) is 0 Å². The second-order valence-corrected chi connectivity index (χ2v) is 6.53. The van der Waals surface area contributed by atoms with Crippen LogP contribution in [-0.2, 0) is 9.53 Å². The van der Waals surface area contributed by atoms with Crippen molar-refractivity contribution in [1.29, 1.82) is 0 Å². The lowest BCUT2D eigenvalue weighted by atomic mass is 9.95. The quantitative estimate of drug-likeness (QED) is 0.590. The van der Waals surface area contributed by atoms with Crippen LogP contribution in [0.1, 0.15) is 19.4 Å². The number of carbonyl (C=O) groups excluding carboxylic acids is 1. The molecular weight excluding hydrogens is 393 g/mol. The van der Waals surface area contributed by atoms with Gasteiger partial charge in [-0.25, -0.2) is 9.78 Å². The van der Waals surface area contributed by atoms with Crippen LogP contribution in [0, 0.1) is 0 Å². The minimum atomic E-state index is -1.30. The Hall–Kier alpha value is -2.51. The van der Waals surface area contributed by atoms with Crippen molar-refractivity contribution in [2.24, 2.45) is 0 Å². The van der Waals surface area contributed by atoms with Gasteiger partial charge in [0.1, 0.15) is 16.3 Å². The van der Waals surface area contributed by atoms with Crippen molar-refractivity contribution in [3.63, 3.8) is 0 Å². The Morgan fingerprint density at radius 1 is 1.33 bits per heavy atom. The first-order valence-corrected chi connectivity index (χ1v) is 8.84. The average Bonchev–Trinajstić information content (AvgIpc) is 2.63. The normalized spacial score (nSPS) is 18.0. The second kappa shape index (κ2) is 7.62. The molecule has 0 spiro atoms. The Balaban J connectivity index is 2.07. The van der Waals surface area contributed by atoms with Crippen molar-refractivity contribution in [2.75, 3.05) is 19.0 Å². The first-order chi connectivity index (χ1) is 12.9. The SMILES string of the molecule is CCOC(=O)C1=Cc2cc(OC)ccc2NC1(C)Oc1nc(Cl)ncc1Cl. The summed E-state index contributed by atoms with van der Waals surface area (Å²) in [6.07, 6.45) is 3.01. The maximum Gasteiger partial charge on any atom is 0.340 e. The van der Waals surface area contributed by atoms with Crippen LogP contribution in [0.4, 0.5) is 5.69 Å². The van der Waals surface area contributed by atoms with Crippen molar-refractivity contribution in [3.8, 4) is 11.6 Å². The highest BCUT2D eigenvalue weighted by Crippen LogP contribution is 2.38. The van der Waals surface area contributed by atoms with Crippen LogP contribution >= 0.6 is 23.2 Å². The van der Waals surface area contributed by atoms with E-state index in [-0.39, 0.29) is 28.4 Å². The van der Waals surface area contributed by atoms with E-state index in [1.54, 1.807) is 39.2 Å². The van der Waals surface area contributed by atoms with E-state index in [0.29, 0.717) is 5.75 Å². The van der Waals surface area contributed by atoms with Gasteiger partial charge in [0.2, 0.25) is 16.9 Å². The van der Waals surface area contributed by atoms with Crippen LogP contribution in [0.15, 0.2) is 30.0 Å². The molecule has 0 fully saturated rings. The van der Waals surface area contributed by atoms with Crippen molar-refractivity contribution < 1.29 is 19.0 Å². The van der Waals surface area contributed by atoms with Gasteiger partial charge in [0.05, 0.1) is 19.9 Å². The number of ether oxygens (including phenoxy) is 3. The van der Waals surface area contributed by atoms with Crippen molar-refractivity contribution >= 4 is 40.9 Å². The van der Waals surface area contributed by atoms with Crippen LogP contribution < -0.4 is 14.8 Å². The van der Waals surface area contributed by atoms with Gasteiger partial charge in [-0.05, 0) is 49.7 Å². The summed E-state index contributed by atoms with van der Waals surface area (Å²) in [7, 11) is 1.57. The summed E-state index contributed by atoms with van der Waals surface area (Å²) in [5.74, 6) is 0.168. The third-order valence-electron chi connectivity index (χ3n) is 3.92. The molecule has 0 radical (unpaired) electrons. The number of esters is 1. The number of benzene rings is 1. The summed E-state index contributed by atoms with van der Waals surface area (Å²) in [5.41, 5.74) is 0.443. The van der Waals surface area contributed by atoms with Crippen LogP contribution in [0.2, 0.25) is 10.3 Å². The number of nitrogens with zero attached hydrogens (tertiary/aromatic N) is 2. The Bertz CT molecular complexity index is 919. The molecule has 1 atom stereocenters. The fourth-order valence-electron chi connectivity index (χ4n) is 2.66. The lowest BCUT2D eigenvalue weighted by molar-refractivity contribution is -0.140. The summed E-state index contributed by atoms with van der Waals surface area (Å²) < 4.78 is 16.4. The Morgan fingerprint density at radius 3 is 2.81 bits per heavy atom. The molecule has 27 heavy (non-hydrogen) atoms. The van der Waals surface area contributed by atoms with Gasteiger partial charge in [-0.2, -0.15) is 4.98 Å². The monoisotopic (exact) mass is 409 g/mol. The zero-order valence-electron chi connectivity index (χ0n) is 14.9. The van der Waals surface area contributed by atoms with Crippen LogP contribution in [0.5, 0.6) is 11.6 Å². The Morgan fingerprint density at radius 2 is 2.11 bits per heavy atom. The number of hydrogen-bond donors (Lipinski definition) is 1. The highest BCUT2D eigenvalue weighted by Gasteiger charge is 2.41. The summed E-state index contributed by atoms with van der Waals surface area (Å²) >= 11 is 12.0. The molecule has 1 aliphatic rings. The van der Waals surface area contributed by atoms with Crippen LogP contribution in [0.25, 0.3) is 6.08 Å². The molecule has 9 heteroatoms. The fraction of sp³-hybridized carbons (Fsp3) is 0.278. The number of hydrogen-bond acceptors (Lipinski definition) is 7. The lowest BCUT2D eigenvalue weighted by Gasteiger charge is -2.36. The molecule has 0 bridgehead atoms. The molecule has 0 amide bonds. The molecule has 3 rings (SSSR count). The zero-order chi connectivity index (χ0) is 19.6. The fourth-order valence-corrected chi connectivity index (χ4v) is 2.91. The first-order valence-electron chi connectivity index (χ1n) is 8.09. The summed E-state index contributed by atoms with van der Waals surface area (Å²) in [6, 6.07) is 5.42. The molecule has 1 unspecified atom stereocenters. The van der Waals surface area contributed by atoms with Gasteiger partial charge < -0.3 is 19.5 Å². The number of anilines is 1. The number of fused-ring (bicyclic) bond motifs is 1. The molecule has 1 aromatic carbocycles. The third kappa shape index (κ3) is 3.94. The molecule has 7 nitrogen and oxygen atoms in total. The second-order valence-electron chi connectivity index (χ2n) is 5.78. The minimum Gasteiger partial charge on any atom is -0.497 e. The zero-order valence-corrected chi connectivity index (χ0v) is 16.4. The van der Waals surface area contributed by atoms with E-state index in [2.05, 4.69) is 15.3 Å². The van der Waals surface area contributed by atoms with E-state index in [1.165, 1.54) is 6.20 Å². The van der Waals surface area contributed by atoms with Gasteiger partial charge >= 0.3 is 5.97 Å². The average molecular weight is 410 g/mol. The van der Waals surface area contributed by atoms with E-state index in [4.69, 9.17) is 37.4 Å². The molecular formula is C18H17Cl2N3O4. The molecule has 0 saturated carbocycles. The molecule has 1 aliphatic heterocycles. The Kier molecular flexibility index (Phi) is 5.43. The van der Waals surface area contributed by atoms with Gasteiger partial charge in [0.25, 0.3) is 0 Å². The van der Waals surface area contributed by atoms with Crippen LogP contribution in [0.3, 0.4) is 0 Å². The molecule has 2 heterocycles. The summed E-state index contributed by atoms with van der Waals surface area (Å²) in [5, 5.41) is 3.33. The third-order valence-corrected chi connectivity index (χ3v) is 4.37. The van der Waals surface area contributed by atoms with Gasteiger partial charge in [-0.15, -0.1) is 0 Å². The molecule has 2 aromatic rings. The Labute approximate surface area is 166 Å². The maximum atomic E-state index is 12.6. The largest absolute Gasteiger partial charge is 0.497 e. The van der Waals surface area contributed by atoms with Gasteiger partial charge in [-0.1, -0.05) is 11.6 Å². The molecule has 1 aromatic heterocycles. The van der Waals surface area contributed by atoms with E-state index in [1.807, 2.05) is 6.07 Å². The molecule has 0 saturated heterocycles. The molecule has 1 N–H and O–H groups in total. The predicted octanol–water partition coefficient (Wildman–Crippen LogP) is 3.96. The predicted molar refractivity (Wildman–Crippen MR) is 102 cm³/mol. The summed E-state index contributed by atoms with van der Waals surface area (Å²) in [4.78, 5) is 20.4. The number of rotatable bonds is 5. The molecule has 142 valence electrons. The summed E-state index contributed by atoms with van der Waals surface area (Å²) in [6.45, 7) is 3.62. The van der Waals surface area contributed by atoms with Crippen molar-refractivity contribution in [1.82, 2.24) is 9.97 Å². The lowest BCUT2D eigenvalue weighted by Crippen LogP contribution is -2.47. The first kappa shape index (κ1) is 19.3. The number of carbonyl (C=O) groups is 1. The molecule has 0 aliphatic carbocycles. The number of nitrogens with one attached hydrogen (secondary N) is 1. The smallest absolute Gasteiger partial charge is 0.340 e. The maximum absolute atomic E-state index is 12.6. The minimum absolute atomic E-state index is 0.0272. The van der Waals surface area contributed by atoms with E-state index >= 15 is 0 Å². The van der Waals surface area contributed by atoms with Gasteiger partial charge in [0.15, 0.2) is 0 Å². The standard InChI is InChI=1S/C18H17Cl2N3O4/c1-4-26-16(24)12-8-10-7-11(25-3)5-6-14(10)23-18(12,2)27-15-13(19)9-21-17(20)22-15/h5-9,23H,4H2,1-3H3. The van der Waals surface area contributed by atoms with E-state index < -0.39 is 11.7 Å². The number of halogens is 2. The van der Waals surface area contributed by atoms with Crippen molar-refractivity contribution in [3.05, 3.63) is 45.8 Å². The van der Waals surface area contributed by atoms with Crippen LogP contribution in [-0.4, -0.2) is 35.4 Å². The number of aromatic nitrogens is 2. The van der Waals surface area contributed by atoms with E-state index in [9.17, 15) is 4.79 Å². The highest BCUT2D eigenvalue weighted by molar-refractivity contribution is 6.32.